The highest BCUT2D eigenvalue weighted by Gasteiger charge is 2.21. The number of rotatable bonds is 7. The Hall–Kier alpha value is -2.52. The first-order valence-electron chi connectivity index (χ1n) is 7.38. The fraction of sp³-hybridized carbons (Fsp3) is 0.312. The second-order valence-electron chi connectivity index (χ2n) is 5.14. The van der Waals surface area contributed by atoms with Crippen LogP contribution < -0.4 is 19.5 Å². The molecule has 1 aromatic carbocycles. The van der Waals surface area contributed by atoms with Crippen LogP contribution in [0.15, 0.2) is 39.8 Å². The second-order valence-corrected chi connectivity index (χ2v) is 6.95. The summed E-state index contributed by atoms with van der Waals surface area (Å²) in [6.07, 6.45) is 0. The Labute approximate surface area is 146 Å². The number of amides is 1. The van der Waals surface area contributed by atoms with Crippen molar-refractivity contribution in [1.82, 2.24) is 10.0 Å². The molecule has 0 spiro atoms. The van der Waals surface area contributed by atoms with Gasteiger partial charge in [-0.3, -0.25) is 4.79 Å². The van der Waals surface area contributed by atoms with Gasteiger partial charge in [-0.05, 0) is 43.8 Å². The fourth-order valence-electron chi connectivity index (χ4n) is 2.16. The van der Waals surface area contributed by atoms with Crippen LogP contribution in [-0.2, 0) is 10.0 Å². The van der Waals surface area contributed by atoms with E-state index in [4.69, 9.17) is 13.9 Å². The van der Waals surface area contributed by atoms with Crippen molar-refractivity contribution in [3.8, 4) is 11.5 Å². The minimum Gasteiger partial charge on any atom is -0.493 e. The van der Waals surface area contributed by atoms with E-state index in [9.17, 15) is 13.2 Å². The maximum atomic E-state index is 12.3. The van der Waals surface area contributed by atoms with Crippen molar-refractivity contribution in [3.05, 3.63) is 41.7 Å². The van der Waals surface area contributed by atoms with Gasteiger partial charge in [-0.15, -0.1) is 0 Å². The monoisotopic (exact) mass is 368 g/mol. The van der Waals surface area contributed by atoms with Crippen molar-refractivity contribution in [2.45, 2.75) is 18.1 Å². The zero-order valence-electron chi connectivity index (χ0n) is 14.3. The summed E-state index contributed by atoms with van der Waals surface area (Å²) in [7, 11) is 0.589. The predicted octanol–water partition coefficient (Wildman–Crippen LogP) is 1.70. The van der Waals surface area contributed by atoms with Gasteiger partial charge in [0.15, 0.2) is 17.3 Å². The van der Waals surface area contributed by atoms with Crippen LogP contribution in [0.1, 0.15) is 29.1 Å². The molecule has 2 N–H and O–H groups in total. The number of carbonyl (C=O) groups excluding carboxylic acids is 1. The van der Waals surface area contributed by atoms with E-state index in [0.29, 0.717) is 11.5 Å². The summed E-state index contributed by atoms with van der Waals surface area (Å²) >= 11 is 0. The van der Waals surface area contributed by atoms with Gasteiger partial charge in [0.2, 0.25) is 5.09 Å². The summed E-state index contributed by atoms with van der Waals surface area (Å²) in [4.78, 5) is 12.3. The van der Waals surface area contributed by atoms with E-state index in [1.165, 1.54) is 33.4 Å². The molecule has 0 fully saturated rings. The molecule has 0 saturated heterocycles. The molecule has 136 valence electrons. The topological polar surface area (TPSA) is 107 Å². The molecule has 1 heterocycles. The van der Waals surface area contributed by atoms with Crippen LogP contribution in [0.5, 0.6) is 11.5 Å². The van der Waals surface area contributed by atoms with Crippen molar-refractivity contribution in [3.63, 3.8) is 0 Å². The first-order valence-corrected chi connectivity index (χ1v) is 8.87. The number of hydrogen-bond acceptors (Lipinski definition) is 6. The van der Waals surface area contributed by atoms with E-state index in [2.05, 4.69) is 10.0 Å². The van der Waals surface area contributed by atoms with E-state index in [1.54, 1.807) is 25.1 Å². The first-order chi connectivity index (χ1) is 11.8. The molecule has 0 aliphatic rings. The van der Waals surface area contributed by atoms with Gasteiger partial charge in [0, 0.05) is 0 Å². The molecule has 2 aromatic rings. The molecular formula is C16H20N2O6S. The Balaban J connectivity index is 2.15. The van der Waals surface area contributed by atoms with Crippen LogP contribution in [0.3, 0.4) is 0 Å². The highest BCUT2D eigenvalue weighted by molar-refractivity contribution is 7.89. The number of carbonyl (C=O) groups is 1. The van der Waals surface area contributed by atoms with Gasteiger partial charge in [-0.2, -0.15) is 0 Å². The fourth-order valence-corrected chi connectivity index (χ4v) is 2.81. The number of ether oxygens (including phenoxy) is 2. The molecule has 25 heavy (non-hydrogen) atoms. The Kier molecular flexibility index (Phi) is 5.70. The highest BCUT2D eigenvalue weighted by atomic mass is 32.2. The lowest BCUT2D eigenvalue weighted by molar-refractivity contribution is 0.0906. The van der Waals surface area contributed by atoms with Crippen LogP contribution in [0, 0.1) is 0 Å². The largest absolute Gasteiger partial charge is 0.493 e. The molecule has 0 aliphatic heterocycles. The first kappa shape index (κ1) is 18.8. The molecule has 0 saturated carbocycles. The molecule has 2 rings (SSSR count). The van der Waals surface area contributed by atoms with Crippen molar-refractivity contribution in [1.29, 1.82) is 0 Å². The molecule has 1 aromatic heterocycles. The Morgan fingerprint density at radius 3 is 2.40 bits per heavy atom. The Morgan fingerprint density at radius 2 is 1.80 bits per heavy atom. The Morgan fingerprint density at radius 1 is 1.12 bits per heavy atom. The number of hydrogen-bond donors (Lipinski definition) is 2. The van der Waals surface area contributed by atoms with Gasteiger partial charge in [0.25, 0.3) is 15.9 Å². The lowest BCUT2D eigenvalue weighted by atomic mass is 10.1. The highest BCUT2D eigenvalue weighted by Crippen LogP contribution is 2.30. The van der Waals surface area contributed by atoms with E-state index in [0.717, 1.165) is 5.56 Å². The summed E-state index contributed by atoms with van der Waals surface area (Å²) in [5, 5.41) is 2.42. The van der Waals surface area contributed by atoms with Crippen molar-refractivity contribution < 1.29 is 27.1 Å². The quantitative estimate of drug-likeness (QED) is 0.770. The minimum absolute atomic E-state index is 0.0962. The van der Waals surface area contributed by atoms with Gasteiger partial charge in [0.05, 0.1) is 20.3 Å². The number of methoxy groups -OCH3 is 2. The lowest BCUT2D eigenvalue weighted by Gasteiger charge is -2.16. The SMILES string of the molecule is CNS(=O)(=O)c1ccc(C(=O)NC(C)c2ccc(OC)c(OC)c2)o1. The van der Waals surface area contributed by atoms with Gasteiger partial charge in [-0.25, -0.2) is 13.1 Å². The van der Waals surface area contributed by atoms with Gasteiger partial charge in [0.1, 0.15) is 0 Å². The molecular weight excluding hydrogens is 348 g/mol. The number of nitrogens with one attached hydrogen (secondary N) is 2. The molecule has 0 radical (unpaired) electrons. The molecule has 9 heteroatoms. The van der Waals surface area contributed by atoms with Crippen molar-refractivity contribution in [2.75, 3.05) is 21.3 Å². The third-order valence-corrected chi connectivity index (χ3v) is 4.88. The zero-order chi connectivity index (χ0) is 18.6. The maximum absolute atomic E-state index is 12.3. The van der Waals surface area contributed by atoms with Crippen LogP contribution in [0.2, 0.25) is 0 Å². The summed E-state index contributed by atoms with van der Waals surface area (Å²) < 4.78 is 40.9. The average Bonchev–Trinajstić information content (AvgIpc) is 3.12. The molecule has 0 aliphatic carbocycles. The minimum atomic E-state index is -3.74. The summed E-state index contributed by atoms with van der Waals surface area (Å²) in [5.41, 5.74) is 0.792. The third-order valence-electron chi connectivity index (χ3n) is 3.59. The summed E-state index contributed by atoms with van der Waals surface area (Å²) in [5.74, 6) is 0.500. The molecule has 1 unspecified atom stereocenters. The number of benzene rings is 1. The summed E-state index contributed by atoms with van der Waals surface area (Å²) in [6.45, 7) is 1.79. The van der Waals surface area contributed by atoms with Gasteiger partial charge in [-0.1, -0.05) is 6.07 Å². The Bertz CT molecular complexity index is 859. The van der Waals surface area contributed by atoms with E-state index < -0.39 is 15.9 Å². The average molecular weight is 368 g/mol. The zero-order valence-corrected chi connectivity index (χ0v) is 15.1. The lowest BCUT2D eigenvalue weighted by Crippen LogP contribution is -2.26. The van der Waals surface area contributed by atoms with E-state index >= 15 is 0 Å². The predicted molar refractivity (Wildman–Crippen MR) is 90.4 cm³/mol. The van der Waals surface area contributed by atoms with Crippen LogP contribution in [0.4, 0.5) is 0 Å². The molecule has 8 nitrogen and oxygen atoms in total. The number of sulfonamides is 1. The van der Waals surface area contributed by atoms with E-state index in [1.807, 2.05) is 0 Å². The summed E-state index contributed by atoms with van der Waals surface area (Å²) in [6, 6.07) is 7.46. The maximum Gasteiger partial charge on any atom is 0.287 e. The van der Waals surface area contributed by atoms with Crippen LogP contribution in [0.25, 0.3) is 0 Å². The standard InChI is InChI=1S/C16H20N2O6S/c1-10(11-5-6-12(22-3)14(9-11)23-4)18-16(19)13-7-8-15(24-13)25(20,21)17-2/h5-10,17H,1-4H3,(H,18,19). The normalized spacial score (nSPS) is 12.5. The van der Waals surface area contributed by atoms with Gasteiger partial charge >= 0.3 is 0 Å². The van der Waals surface area contributed by atoms with Crippen molar-refractivity contribution in [2.24, 2.45) is 0 Å². The molecule has 1 amide bonds. The number of furan rings is 1. The van der Waals surface area contributed by atoms with Crippen LogP contribution in [-0.4, -0.2) is 35.6 Å². The molecule has 0 bridgehead atoms. The van der Waals surface area contributed by atoms with Crippen LogP contribution >= 0.6 is 0 Å². The van der Waals surface area contributed by atoms with Crippen molar-refractivity contribution >= 4 is 15.9 Å². The smallest absolute Gasteiger partial charge is 0.287 e. The second kappa shape index (κ2) is 7.58. The third kappa shape index (κ3) is 4.12. The van der Waals surface area contributed by atoms with Gasteiger partial charge < -0.3 is 19.2 Å². The molecule has 1 atom stereocenters. The van der Waals surface area contributed by atoms with E-state index in [-0.39, 0.29) is 16.9 Å².